The fourth-order valence-corrected chi connectivity index (χ4v) is 2.01. The topological polar surface area (TPSA) is 42.1 Å². The van der Waals surface area contributed by atoms with Gasteiger partial charge in [0.15, 0.2) is 5.13 Å². The molecule has 2 rings (SSSR count). The first-order valence-electron chi connectivity index (χ1n) is 3.76. The summed E-state index contributed by atoms with van der Waals surface area (Å²) in [7, 11) is 0. The van der Waals surface area contributed by atoms with Crippen molar-refractivity contribution in [3.8, 4) is 0 Å². The molecule has 0 amide bonds. The first-order chi connectivity index (χ1) is 5.36. The highest BCUT2D eigenvalue weighted by Gasteiger charge is 2.20. The highest BCUT2D eigenvalue weighted by molar-refractivity contribution is 7.13. The molecule has 1 saturated heterocycles. The Morgan fingerprint density at radius 1 is 1.67 bits per heavy atom. The summed E-state index contributed by atoms with van der Waals surface area (Å²) in [5.74, 6) is 0. The van der Waals surface area contributed by atoms with E-state index in [1.807, 2.05) is 11.6 Å². The maximum Gasteiger partial charge on any atom is 0.185 e. The number of anilines is 1. The van der Waals surface area contributed by atoms with Crippen LogP contribution in [0.3, 0.4) is 0 Å². The van der Waals surface area contributed by atoms with Crippen LogP contribution in [0.15, 0.2) is 11.6 Å². The Labute approximate surface area is 82.0 Å². The van der Waals surface area contributed by atoms with E-state index in [1.165, 1.54) is 0 Å². The van der Waals surface area contributed by atoms with Crippen LogP contribution >= 0.6 is 23.7 Å². The third kappa shape index (κ3) is 1.88. The number of nitrogens with zero attached hydrogens (tertiary/aromatic N) is 2. The Morgan fingerprint density at radius 2 is 2.50 bits per heavy atom. The minimum atomic E-state index is 0. The van der Waals surface area contributed by atoms with Crippen LogP contribution < -0.4 is 10.6 Å². The van der Waals surface area contributed by atoms with Gasteiger partial charge in [0.1, 0.15) is 0 Å². The number of aromatic nitrogens is 1. The Kier molecular flexibility index (Phi) is 3.31. The van der Waals surface area contributed by atoms with Crippen LogP contribution in [0.2, 0.25) is 0 Å². The fourth-order valence-electron chi connectivity index (χ4n) is 1.33. The first kappa shape index (κ1) is 9.77. The second kappa shape index (κ2) is 4.07. The number of thiazole rings is 1. The predicted molar refractivity (Wildman–Crippen MR) is 54.2 cm³/mol. The van der Waals surface area contributed by atoms with Crippen molar-refractivity contribution in [2.24, 2.45) is 5.73 Å². The van der Waals surface area contributed by atoms with Gasteiger partial charge >= 0.3 is 0 Å². The van der Waals surface area contributed by atoms with Crippen LogP contribution in [-0.4, -0.2) is 24.1 Å². The molecule has 1 aliphatic rings. The lowest BCUT2D eigenvalue weighted by atomic mass is 10.3. The average molecular weight is 206 g/mol. The van der Waals surface area contributed by atoms with E-state index in [-0.39, 0.29) is 12.4 Å². The second-order valence-electron chi connectivity index (χ2n) is 2.81. The molecule has 2 N–H and O–H groups in total. The van der Waals surface area contributed by atoms with Crippen molar-refractivity contribution in [3.05, 3.63) is 11.6 Å². The summed E-state index contributed by atoms with van der Waals surface area (Å²) in [4.78, 5) is 6.47. The summed E-state index contributed by atoms with van der Waals surface area (Å²) in [6.45, 7) is 2.03. The van der Waals surface area contributed by atoms with Crippen molar-refractivity contribution in [1.29, 1.82) is 0 Å². The molecule has 1 atom stereocenters. The van der Waals surface area contributed by atoms with Gasteiger partial charge in [0, 0.05) is 30.7 Å². The Hall–Kier alpha value is -0.320. The zero-order valence-corrected chi connectivity index (χ0v) is 8.27. The second-order valence-corrected chi connectivity index (χ2v) is 3.68. The molecule has 1 aliphatic heterocycles. The fraction of sp³-hybridized carbons (Fsp3) is 0.571. The molecule has 0 saturated carbocycles. The highest BCUT2D eigenvalue weighted by atomic mass is 35.5. The van der Waals surface area contributed by atoms with Gasteiger partial charge in [0.05, 0.1) is 0 Å². The van der Waals surface area contributed by atoms with Gasteiger partial charge in [-0.05, 0) is 6.42 Å². The molecule has 0 aliphatic carbocycles. The molecular formula is C7H12ClN3S. The summed E-state index contributed by atoms with van der Waals surface area (Å²) in [5, 5.41) is 3.11. The molecule has 3 nitrogen and oxygen atoms in total. The van der Waals surface area contributed by atoms with Crippen LogP contribution in [0, 0.1) is 0 Å². The molecule has 0 aromatic carbocycles. The molecule has 68 valence electrons. The standard InChI is InChI=1S/C7H11N3S.ClH/c8-6-1-3-10(5-6)7-9-2-4-11-7;/h2,4,6H,1,3,5,8H2;1H/t6-;/m1./s1. The van der Waals surface area contributed by atoms with Gasteiger partial charge in [-0.15, -0.1) is 23.7 Å². The van der Waals surface area contributed by atoms with Crippen molar-refractivity contribution in [3.63, 3.8) is 0 Å². The van der Waals surface area contributed by atoms with Crippen molar-refractivity contribution in [2.75, 3.05) is 18.0 Å². The monoisotopic (exact) mass is 205 g/mol. The molecule has 0 bridgehead atoms. The number of hydrogen-bond acceptors (Lipinski definition) is 4. The lowest BCUT2D eigenvalue weighted by molar-refractivity contribution is 0.752. The third-order valence-electron chi connectivity index (χ3n) is 1.91. The summed E-state index contributed by atoms with van der Waals surface area (Å²) >= 11 is 1.68. The van der Waals surface area contributed by atoms with Gasteiger partial charge in [0.2, 0.25) is 0 Å². The van der Waals surface area contributed by atoms with E-state index in [4.69, 9.17) is 5.73 Å². The van der Waals surface area contributed by atoms with Crippen molar-refractivity contribution in [1.82, 2.24) is 4.98 Å². The molecule has 1 aromatic heterocycles. The lowest BCUT2D eigenvalue weighted by Gasteiger charge is -2.12. The Bertz CT molecular complexity index is 227. The maximum atomic E-state index is 5.77. The average Bonchev–Trinajstić information content (AvgIpc) is 2.55. The van der Waals surface area contributed by atoms with Crippen molar-refractivity contribution < 1.29 is 0 Å². The van der Waals surface area contributed by atoms with E-state index in [0.717, 1.165) is 24.6 Å². The summed E-state index contributed by atoms with van der Waals surface area (Å²) in [6, 6.07) is 0.346. The minimum absolute atomic E-state index is 0. The molecule has 0 spiro atoms. The van der Waals surface area contributed by atoms with Crippen LogP contribution in [0.4, 0.5) is 5.13 Å². The zero-order chi connectivity index (χ0) is 7.68. The largest absolute Gasteiger partial charge is 0.346 e. The van der Waals surface area contributed by atoms with E-state index in [9.17, 15) is 0 Å². The minimum Gasteiger partial charge on any atom is -0.346 e. The summed E-state index contributed by atoms with van der Waals surface area (Å²) in [6.07, 6.45) is 2.93. The lowest BCUT2D eigenvalue weighted by Crippen LogP contribution is -2.26. The van der Waals surface area contributed by atoms with E-state index in [2.05, 4.69) is 9.88 Å². The van der Waals surface area contributed by atoms with Crippen LogP contribution in [-0.2, 0) is 0 Å². The predicted octanol–water partition coefficient (Wildman–Crippen LogP) is 1.10. The Balaban J connectivity index is 0.000000720. The normalized spacial score (nSPS) is 22.4. The number of rotatable bonds is 1. The third-order valence-corrected chi connectivity index (χ3v) is 2.75. The molecule has 2 heterocycles. The number of halogens is 1. The molecular weight excluding hydrogens is 194 g/mol. The quantitative estimate of drug-likeness (QED) is 0.747. The van der Waals surface area contributed by atoms with Gasteiger partial charge < -0.3 is 10.6 Å². The molecule has 1 aromatic rings. The van der Waals surface area contributed by atoms with E-state index in [1.54, 1.807) is 11.3 Å². The highest BCUT2D eigenvalue weighted by Crippen LogP contribution is 2.21. The smallest absolute Gasteiger partial charge is 0.185 e. The number of nitrogens with two attached hydrogens (primary N) is 1. The van der Waals surface area contributed by atoms with Crippen molar-refractivity contribution in [2.45, 2.75) is 12.5 Å². The molecule has 12 heavy (non-hydrogen) atoms. The van der Waals surface area contributed by atoms with Crippen LogP contribution in [0.25, 0.3) is 0 Å². The number of hydrogen-bond donors (Lipinski definition) is 1. The maximum absolute atomic E-state index is 5.77. The molecule has 0 unspecified atom stereocenters. The van der Waals surface area contributed by atoms with E-state index < -0.39 is 0 Å². The molecule has 5 heteroatoms. The van der Waals surface area contributed by atoms with E-state index >= 15 is 0 Å². The van der Waals surface area contributed by atoms with Gasteiger partial charge in [-0.25, -0.2) is 4.98 Å². The van der Waals surface area contributed by atoms with Crippen LogP contribution in [0.1, 0.15) is 6.42 Å². The molecule has 1 fully saturated rings. The summed E-state index contributed by atoms with van der Waals surface area (Å²) in [5.41, 5.74) is 5.77. The zero-order valence-electron chi connectivity index (χ0n) is 6.64. The van der Waals surface area contributed by atoms with Gasteiger partial charge in [-0.3, -0.25) is 0 Å². The summed E-state index contributed by atoms with van der Waals surface area (Å²) < 4.78 is 0. The first-order valence-corrected chi connectivity index (χ1v) is 4.64. The van der Waals surface area contributed by atoms with Gasteiger partial charge in [-0.2, -0.15) is 0 Å². The van der Waals surface area contributed by atoms with Gasteiger partial charge in [0.25, 0.3) is 0 Å². The van der Waals surface area contributed by atoms with E-state index in [0.29, 0.717) is 6.04 Å². The van der Waals surface area contributed by atoms with Crippen LogP contribution in [0.5, 0.6) is 0 Å². The Morgan fingerprint density at radius 3 is 3.00 bits per heavy atom. The van der Waals surface area contributed by atoms with Crippen molar-refractivity contribution >= 4 is 28.9 Å². The molecule has 0 radical (unpaired) electrons. The van der Waals surface area contributed by atoms with Gasteiger partial charge in [-0.1, -0.05) is 0 Å². The SMILES string of the molecule is Cl.N[C@@H]1CCN(c2nccs2)C1.